The second-order valence-electron chi connectivity index (χ2n) is 4.91. The molecule has 3 nitrogen and oxygen atoms in total. The smallest absolute Gasteiger partial charge is 0.310 e. The molecule has 0 spiro atoms. The van der Waals surface area contributed by atoms with Crippen LogP contribution < -0.4 is 5.32 Å². The third-order valence-electron chi connectivity index (χ3n) is 2.74. The van der Waals surface area contributed by atoms with Crippen molar-refractivity contribution >= 4 is 11.3 Å². The molecular weight excluding hydrogens is 299 g/mol. The van der Waals surface area contributed by atoms with E-state index in [4.69, 9.17) is 0 Å². The van der Waals surface area contributed by atoms with Crippen molar-refractivity contribution in [3.05, 3.63) is 45.7 Å². The van der Waals surface area contributed by atoms with Gasteiger partial charge < -0.3 is 5.32 Å². The van der Waals surface area contributed by atoms with Crippen molar-refractivity contribution in [1.29, 1.82) is 0 Å². The van der Waals surface area contributed by atoms with Crippen LogP contribution in [0.15, 0.2) is 24.4 Å². The Bertz CT molecular complexity index is 579. The van der Waals surface area contributed by atoms with Crippen LogP contribution >= 0.6 is 11.3 Å². The van der Waals surface area contributed by atoms with Gasteiger partial charge in [-0.3, -0.25) is 4.98 Å². The topological polar surface area (TPSA) is 37.8 Å². The Labute approximate surface area is 125 Å². The van der Waals surface area contributed by atoms with Crippen LogP contribution in [-0.4, -0.2) is 16.0 Å². The minimum atomic E-state index is -4.42. The van der Waals surface area contributed by atoms with Crippen molar-refractivity contribution in [2.45, 2.75) is 39.0 Å². The lowest BCUT2D eigenvalue weighted by Gasteiger charge is -2.09. The predicted molar refractivity (Wildman–Crippen MR) is 76.1 cm³/mol. The first kappa shape index (κ1) is 15.9. The summed E-state index contributed by atoms with van der Waals surface area (Å²) < 4.78 is 39.1. The van der Waals surface area contributed by atoms with Crippen LogP contribution in [0.4, 0.5) is 13.2 Å². The molecule has 0 fully saturated rings. The summed E-state index contributed by atoms with van der Waals surface area (Å²) in [6.07, 6.45) is -2.49. The molecule has 0 atom stereocenters. The Balaban J connectivity index is 2.23. The highest BCUT2D eigenvalue weighted by molar-refractivity contribution is 7.11. The molecule has 0 unspecified atom stereocenters. The Morgan fingerprint density at radius 3 is 2.62 bits per heavy atom. The zero-order valence-electron chi connectivity index (χ0n) is 11.7. The molecule has 0 radical (unpaired) electrons. The predicted octanol–water partition coefficient (Wildman–Crippen LogP) is 3.65. The summed E-state index contributed by atoms with van der Waals surface area (Å²) in [6.45, 7) is 3.96. The number of aromatic nitrogens is 2. The van der Waals surface area contributed by atoms with E-state index < -0.39 is 11.9 Å². The van der Waals surface area contributed by atoms with Gasteiger partial charge in [-0.2, -0.15) is 13.2 Å². The minimum Gasteiger partial charge on any atom is -0.310 e. The second-order valence-corrected chi connectivity index (χ2v) is 6.08. The molecule has 0 aromatic carbocycles. The highest BCUT2D eigenvalue weighted by Gasteiger charge is 2.37. The van der Waals surface area contributed by atoms with Crippen molar-refractivity contribution in [3.63, 3.8) is 0 Å². The van der Waals surface area contributed by atoms with Crippen molar-refractivity contribution in [2.75, 3.05) is 0 Å². The Morgan fingerprint density at radius 1 is 1.29 bits per heavy atom. The van der Waals surface area contributed by atoms with Crippen molar-refractivity contribution in [3.8, 4) is 0 Å². The van der Waals surface area contributed by atoms with E-state index in [1.165, 1.54) is 0 Å². The van der Waals surface area contributed by atoms with Gasteiger partial charge in [0.15, 0.2) is 5.69 Å². The number of nitrogens with zero attached hydrogens (tertiary/aromatic N) is 2. The van der Waals surface area contributed by atoms with Gasteiger partial charge in [-0.05, 0) is 12.1 Å². The van der Waals surface area contributed by atoms with Gasteiger partial charge in [-0.1, -0.05) is 19.9 Å². The van der Waals surface area contributed by atoms with Gasteiger partial charge in [-0.25, -0.2) is 4.98 Å². The molecule has 0 saturated heterocycles. The van der Waals surface area contributed by atoms with E-state index in [0.29, 0.717) is 17.1 Å². The summed E-state index contributed by atoms with van der Waals surface area (Å²) in [7, 11) is 0. The lowest BCUT2D eigenvalue weighted by Crippen LogP contribution is -2.23. The van der Waals surface area contributed by atoms with Gasteiger partial charge in [0.1, 0.15) is 0 Å². The summed E-state index contributed by atoms with van der Waals surface area (Å²) in [6, 6.07) is 5.47. The average Bonchev–Trinajstić information content (AvgIpc) is 2.80. The normalized spacial score (nSPS) is 12.1. The molecule has 114 valence electrons. The fourth-order valence-electron chi connectivity index (χ4n) is 1.77. The summed E-state index contributed by atoms with van der Waals surface area (Å²) >= 11 is 1.09. The number of halogens is 3. The van der Waals surface area contributed by atoms with E-state index in [0.717, 1.165) is 11.3 Å². The van der Waals surface area contributed by atoms with E-state index in [-0.39, 0.29) is 17.5 Å². The number of thiazole rings is 1. The van der Waals surface area contributed by atoms with E-state index in [1.54, 1.807) is 18.3 Å². The molecule has 7 heteroatoms. The fourth-order valence-corrected chi connectivity index (χ4v) is 2.83. The molecule has 0 saturated carbocycles. The SMILES string of the molecule is CC(C)NCc1sc(Cc2ccccn2)nc1C(F)(F)F. The first-order chi connectivity index (χ1) is 9.86. The molecule has 0 aliphatic rings. The fraction of sp³-hybridized carbons (Fsp3) is 0.429. The van der Waals surface area contributed by atoms with Crippen LogP contribution in [0, 0.1) is 0 Å². The Morgan fingerprint density at radius 2 is 2.05 bits per heavy atom. The van der Waals surface area contributed by atoms with Crippen molar-refractivity contribution in [2.24, 2.45) is 0 Å². The maximum Gasteiger partial charge on any atom is 0.434 e. The van der Waals surface area contributed by atoms with E-state index in [2.05, 4.69) is 15.3 Å². The first-order valence-electron chi connectivity index (χ1n) is 6.55. The molecule has 2 aromatic heterocycles. The third kappa shape index (κ3) is 4.50. The lowest BCUT2D eigenvalue weighted by molar-refractivity contribution is -0.141. The van der Waals surface area contributed by atoms with E-state index in [9.17, 15) is 13.2 Å². The molecule has 2 aromatic rings. The van der Waals surface area contributed by atoms with E-state index in [1.807, 2.05) is 19.9 Å². The third-order valence-corrected chi connectivity index (χ3v) is 3.79. The van der Waals surface area contributed by atoms with Gasteiger partial charge in [-0.15, -0.1) is 11.3 Å². The van der Waals surface area contributed by atoms with Gasteiger partial charge in [0.2, 0.25) is 0 Å². The summed E-state index contributed by atoms with van der Waals surface area (Å²) in [4.78, 5) is 8.11. The molecule has 0 bridgehead atoms. The summed E-state index contributed by atoms with van der Waals surface area (Å²) in [5.74, 6) is 0. The zero-order valence-corrected chi connectivity index (χ0v) is 12.6. The number of rotatable bonds is 5. The maximum absolute atomic E-state index is 13.0. The second kappa shape index (κ2) is 6.53. The monoisotopic (exact) mass is 315 g/mol. The van der Waals surface area contributed by atoms with Crippen LogP contribution in [0.1, 0.15) is 35.1 Å². The van der Waals surface area contributed by atoms with Crippen LogP contribution in [0.3, 0.4) is 0 Å². The molecule has 0 amide bonds. The van der Waals surface area contributed by atoms with Crippen LogP contribution in [-0.2, 0) is 19.1 Å². The highest BCUT2D eigenvalue weighted by Crippen LogP contribution is 2.34. The molecule has 21 heavy (non-hydrogen) atoms. The Hall–Kier alpha value is -1.47. The molecule has 0 aliphatic heterocycles. The minimum absolute atomic E-state index is 0.118. The highest BCUT2D eigenvalue weighted by atomic mass is 32.1. The molecular formula is C14H16F3N3S. The number of nitrogens with one attached hydrogen (secondary N) is 1. The largest absolute Gasteiger partial charge is 0.434 e. The van der Waals surface area contributed by atoms with Crippen molar-refractivity contribution in [1.82, 2.24) is 15.3 Å². The standard InChI is InChI=1S/C14H16F3N3S/c1-9(2)19-8-11-13(14(15,16)17)20-12(21-11)7-10-5-3-4-6-18-10/h3-6,9,19H,7-8H2,1-2H3. The number of hydrogen-bond donors (Lipinski definition) is 1. The molecule has 1 N–H and O–H groups in total. The van der Waals surface area contributed by atoms with Crippen LogP contribution in [0.2, 0.25) is 0 Å². The van der Waals surface area contributed by atoms with Gasteiger partial charge in [0.05, 0.1) is 9.88 Å². The molecule has 2 heterocycles. The van der Waals surface area contributed by atoms with Gasteiger partial charge >= 0.3 is 6.18 Å². The molecule has 0 aliphatic carbocycles. The van der Waals surface area contributed by atoms with Crippen LogP contribution in [0.5, 0.6) is 0 Å². The van der Waals surface area contributed by atoms with Gasteiger partial charge in [0, 0.05) is 30.9 Å². The number of hydrogen-bond acceptors (Lipinski definition) is 4. The van der Waals surface area contributed by atoms with Crippen molar-refractivity contribution < 1.29 is 13.2 Å². The summed E-state index contributed by atoms with van der Waals surface area (Å²) in [5, 5.41) is 3.44. The Kier molecular flexibility index (Phi) is 4.95. The maximum atomic E-state index is 13.0. The number of pyridine rings is 1. The van der Waals surface area contributed by atoms with Gasteiger partial charge in [0.25, 0.3) is 0 Å². The van der Waals surface area contributed by atoms with E-state index >= 15 is 0 Å². The summed E-state index contributed by atoms with van der Waals surface area (Å²) in [5.41, 5.74) is -0.0741. The quantitative estimate of drug-likeness (QED) is 0.915. The average molecular weight is 315 g/mol. The zero-order chi connectivity index (χ0) is 15.5. The lowest BCUT2D eigenvalue weighted by atomic mass is 10.3. The first-order valence-corrected chi connectivity index (χ1v) is 7.37. The number of alkyl halides is 3. The van der Waals surface area contributed by atoms with Crippen LogP contribution in [0.25, 0.3) is 0 Å². The molecule has 2 rings (SSSR count).